The number of ether oxygens (including phenoxy) is 1. The number of hydrogen-bond donors (Lipinski definition) is 1. The molecule has 94 valence electrons. The molecule has 17 heavy (non-hydrogen) atoms. The molecule has 0 amide bonds. The minimum atomic E-state index is -1.04. The van der Waals surface area contributed by atoms with Crippen LogP contribution in [-0.2, 0) is 0 Å². The molecule has 0 aliphatic rings. The minimum absolute atomic E-state index is 0.327. The Balaban J connectivity index is 2.93. The van der Waals surface area contributed by atoms with Crippen LogP contribution in [0.2, 0.25) is 0 Å². The molecule has 1 aromatic heterocycles. The van der Waals surface area contributed by atoms with Crippen LogP contribution in [0.25, 0.3) is 0 Å². The average molecular weight is 237 g/mol. The molecule has 1 rings (SSSR count). The Hall–Kier alpha value is -1.42. The Morgan fingerprint density at radius 3 is 2.65 bits per heavy atom. The van der Waals surface area contributed by atoms with Gasteiger partial charge in [-0.1, -0.05) is 20.8 Å². The number of carbonyl (C=O) groups is 1. The van der Waals surface area contributed by atoms with E-state index in [1.807, 2.05) is 27.7 Å². The SMILES string of the molecule is CCOc1cncc(C(=O)C(O)C(C)(C)C)c1. The fourth-order valence-electron chi connectivity index (χ4n) is 1.35. The Labute approximate surface area is 102 Å². The molecule has 4 nitrogen and oxygen atoms in total. The molecule has 0 radical (unpaired) electrons. The van der Waals surface area contributed by atoms with Crippen LogP contribution in [0.5, 0.6) is 5.75 Å². The molecule has 0 aliphatic heterocycles. The van der Waals surface area contributed by atoms with Crippen LogP contribution in [0.1, 0.15) is 38.1 Å². The summed E-state index contributed by atoms with van der Waals surface area (Å²) in [6, 6.07) is 1.60. The van der Waals surface area contributed by atoms with E-state index in [-0.39, 0.29) is 5.78 Å². The molecule has 0 aliphatic carbocycles. The highest BCUT2D eigenvalue weighted by Gasteiger charge is 2.30. The first kappa shape index (κ1) is 13.6. The predicted molar refractivity (Wildman–Crippen MR) is 65.2 cm³/mol. The van der Waals surface area contributed by atoms with Gasteiger partial charge < -0.3 is 9.84 Å². The van der Waals surface area contributed by atoms with E-state index in [1.165, 1.54) is 6.20 Å². The number of pyridine rings is 1. The maximum Gasteiger partial charge on any atom is 0.193 e. The Morgan fingerprint density at radius 1 is 1.47 bits per heavy atom. The summed E-state index contributed by atoms with van der Waals surface area (Å²) in [5.74, 6) is 0.214. The number of Topliss-reactive ketones (excluding diaryl/α,β-unsaturated/α-hetero) is 1. The minimum Gasteiger partial charge on any atom is -0.492 e. The Bertz CT molecular complexity index is 396. The monoisotopic (exact) mass is 237 g/mol. The van der Waals surface area contributed by atoms with E-state index in [1.54, 1.807) is 12.3 Å². The standard InChI is InChI=1S/C13H19NO3/c1-5-17-10-6-9(7-14-8-10)11(15)12(16)13(2,3)4/h6-8,12,16H,5H2,1-4H3. The molecular weight excluding hydrogens is 218 g/mol. The van der Waals surface area contributed by atoms with Gasteiger partial charge in [0.25, 0.3) is 0 Å². The molecule has 0 saturated heterocycles. The summed E-state index contributed by atoms with van der Waals surface area (Å²) in [4.78, 5) is 15.9. The molecule has 0 fully saturated rings. The van der Waals surface area contributed by atoms with Gasteiger partial charge in [0.15, 0.2) is 5.78 Å². The van der Waals surface area contributed by atoms with Crippen LogP contribution >= 0.6 is 0 Å². The maximum atomic E-state index is 12.0. The lowest BCUT2D eigenvalue weighted by atomic mass is 9.85. The zero-order chi connectivity index (χ0) is 13.1. The first-order valence-electron chi connectivity index (χ1n) is 5.66. The number of ketones is 1. The zero-order valence-electron chi connectivity index (χ0n) is 10.7. The van der Waals surface area contributed by atoms with E-state index in [9.17, 15) is 9.90 Å². The van der Waals surface area contributed by atoms with E-state index in [2.05, 4.69) is 4.98 Å². The maximum absolute atomic E-state index is 12.0. The molecule has 0 aromatic carbocycles. The average Bonchev–Trinajstić information content (AvgIpc) is 2.27. The number of hydrogen-bond acceptors (Lipinski definition) is 4. The topological polar surface area (TPSA) is 59.4 Å². The lowest BCUT2D eigenvalue weighted by Gasteiger charge is -2.24. The number of aromatic nitrogens is 1. The summed E-state index contributed by atoms with van der Waals surface area (Å²) in [7, 11) is 0. The van der Waals surface area contributed by atoms with Crippen molar-refractivity contribution in [3.63, 3.8) is 0 Å². The second-order valence-corrected chi connectivity index (χ2v) is 4.98. The van der Waals surface area contributed by atoms with Crippen LogP contribution < -0.4 is 4.74 Å². The van der Waals surface area contributed by atoms with Crippen LogP contribution in [-0.4, -0.2) is 28.6 Å². The van der Waals surface area contributed by atoms with E-state index in [4.69, 9.17) is 4.74 Å². The third-order valence-corrected chi connectivity index (χ3v) is 2.38. The largest absolute Gasteiger partial charge is 0.492 e. The molecule has 1 N–H and O–H groups in total. The number of aliphatic hydroxyl groups is 1. The van der Waals surface area contributed by atoms with Crippen LogP contribution in [0, 0.1) is 5.41 Å². The van der Waals surface area contributed by atoms with Crippen molar-refractivity contribution in [3.8, 4) is 5.75 Å². The smallest absolute Gasteiger partial charge is 0.193 e. The summed E-state index contributed by atoms with van der Waals surface area (Å²) in [5, 5.41) is 9.91. The van der Waals surface area contributed by atoms with E-state index in [0.29, 0.717) is 17.9 Å². The third kappa shape index (κ3) is 3.53. The second kappa shape index (κ2) is 5.27. The van der Waals surface area contributed by atoms with E-state index < -0.39 is 11.5 Å². The number of carbonyl (C=O) groups excluding carboxylic acids is 1. The van der Waals surface area contributed by atoms with Crippen molar-refractivity contribution in [1.29, 1.82) is 0 Å². The Morgan fingerprint density at radius 2 is 2.12 bits per heavy atom. The van der Waals surface area contributed by atoms with Crippen LogP contribution in [0.3, 0.4) is 0 Å². The molecule has 4 heteroatoms. The van der Waals surface area contributed by atoms with Gasteiger partial charge >= 0.3 is 0 Å². The van der Waals surface area contributed by atoms with Gasteiger partial charge in [-0.3, -0.25) is 9.78 Å². The highest BCUT2D eigenvalue weighted by atomic mass is 16.5. The van der Waals surface area contributed by atoms with E-state index in [0.717, 1.165) is 0 Å². The highest BCUT2D eigenvalue weighted by Crippen LogP contribution is 2.23. The summed E-state index contributed by atoms with van der Waals surface area (Å²) >= 11 is 0. The van der Waals surface area contributed by atoms with Gasteiger partial charge in [-0.2, -0.15) is 0 Å². The summed E-state index contributed by atoms with van der Waals surface area (Å²) < 4.78 is 5.27. The number of aliphatic hydroxyl groups excluding tert-OH is 1. The molecule has 0 spiro atoms. The normalized spacial score (nSPS) is 13.2. The predicted octanol–water partition coefficient (Wildman–Crippen LogP) is 2.07. The van der Waals surface area contributed by atoms with Crippen molar-refractivity contribution in [2.45, 2.75) is 33.8 Å². The van der Waals surface area contributed by atoms with Gasteiger partial charge in [0.1, 0.15) is 11.9 Å². The van der Waals surface area contributed by atoms with Gasteiger partial charge in [0.05, 0.1) is 12.8 Å². The second-order valence-electron chi connectivity index (χ2n) is 4.98. The lowest BCUT2D eigenvalue weighted by Crippen LogP contribution is -2.34. The molecule has 1 aromatic rings. The van der Waals surface area contributed by atoms with Gasteiger partial charge in [0.2, 0.25) is 0 Å². The lowest BCUT2D eigenvalue weighted by molar-refractivity contribution is 0.0442. The number of nitrogens with zero attached hydrogens (tertiary/aromatic N) is 1. The molecule has 1 unspecified atom stereocenters. The summed E-state index contributed by atoms with van der Waals surface area (Å²) in [6.07, 6.45) is 1.95. The van der Waals surface area contributed by atoms with Crippen LogP contribution in [0.15, 0.2) is 18.5 Å². The van der Waals surface area contributed by atoms with Crippen molar-refractivity contribution in [2.75, 3.05) is 6.61 Å². The zero-order valence-corrected chi connectivity index (χ0v) is 10.7. The Kier molecular flexibility index (Phi) is 4.23. The van der Waals surface area contributed by atoms with Crippen LogP contribution in [0.4, 0.5) is 0 Å². The van der Waals surface area contributed by atoms with Crippen molar-refractivity contribution in [3.05, 3.63) is 24.0 Å². The molecule has 1 atom stereocenters. The van der Waals surface area contributed by atoms with Gasteiger partial charge in [-0.25, -0.2) is 0 Å². The molecule has 0 saturated carbocycles. The van der Waals surface area contributed by atoms with Gasteiger partial charge in [0, 0.05) is 11.8 Å². The van der Waals surface area contributed by atoms with Crippen molar-refractivity contribution < 1.29 is 14.6 Å². The van der Waals surface area contributed by atoms with Gasteiger partial charge in [-0.05, 0) is 18.4 Å². The first-order valence-corrected chi connectivity index (χ1v) is 5.66. The fourth-order valence-corrected chi connectivity index (χ4v) is 1.35. The summed E-state index contributed by atoms with van der Waals surface area (Å²) in [6.45, 7) is 7.82. The summed E-state index contributed by atoms with van der Waals surface area (Å²) in [5.41, 5.74) is -0.114. The number of rotatable bonds is 4. The third-order valence-electron chi connectivity index (χ3n) is 2.38. The molecule has 1 heterocycles. The quantitative estimate of drug-likeness (QED) is 0.814. The molecular formula is C13H19NO3. The van der Waals surface area contributed by atoms with Gasteiger partial charge in [-0.15, -0.1) is 0 Å². The molecule has 0 bridgehead atoms. The fraction of sp³-hybridized carbons (Fsp3) is 0.538. The van der Waals surface area contributed by atoms with Crippen molar-refractivity contribution in [1.82, 2.24) is 4.98 Å². The van der Waals surface area contributed by atoms with Crippen molar-refractivity contribution >= 4 is 5.78 Å². The highest BCUT2D eigenvalue weighted by molar-refractivity contribution is 5.99. The van der Waals surface area contributed by atoms with Crippen molar-refractivity contribution in [2.24, 2.45) is 5.41 Å². The van der Waals surface area contributed by atoms with E-state index >= 15 is 0 Å². The first-order chi connectivity index (χ1) is 7.86.